The number of carbonyl (C=O) groups excluding carboxylic acids is 4. The van der Waals surface area contributed by atoms with Gasteiger partial charge in [-0.15, -0.1) is 0 Å². The monoisotopic (exact) mass is 571 g/mol. The van der Waals surface area contributed by atoms with Crippen LogP contribution < -0.4 is 15.5 Å². The number of ether oxygens (including phenoxy) is 1. The zero-order valence-corrected chi connectivity index (χ0v) is 22.3. The third-order valence-corrected chi connectivity index (χ3v) is 6.06. The van der Waals surface area contributed by atoms with Crippen molar-refractivity contribution in [3.8, 4) is 0 Å². The first kappa shape index (κ1) is 27.2. The Bertz CT molecular complexity index is 1450. The van der Waals surface area contributed by atoms with Crippen LogP contribution in [0, 0.1) is 0 Å². The van der Waals surface area contributed by atoms with Crippen molar-refractivity contribution >= 4 is 75.6 Å². The summed E-state index contributed by atoms with van der Waals surface area (Å²) in [5.41, 5.74) is 1.69. The highest BCUT2D eigenvalue weighted by molar-refractivity contribution is 6.53. The number of imide groups is 1. The number of anilines is 3. The quantitative estimate of drug-likeness (QED) is 0.256. The molecular weight excluding hydrogens is 553 g/mol. The second kappa shape index (κ2) is 11.3. The van der Waals surface area contributed by atoms with E-state index in [1.54, 1.807) is 50.2 Å². The minimum Gasteiger partial charge on any atom is -0.459 e. The molecule has 3 aromatic carbocycles. The van der Waals surface area contributed by atoms with Crippen LogP contribution in [0.2, 0.25) is 10.0 Å². The summed E-state index contributed by atoms with van der Waals surface area (Å²) in [6.07, 6.45) is -0.236. The Kier molecular flexibility index (Phi) is 8.06. The number of rotatable bonds is 7. The van der Waals surface area contributed by atoms with Gasteiger partial charge in [-0.05, 0) is 80.6 Å². The number of amides is 3. The molecule has 0 radical (unpaired) electrons. The molecule has 4 rings (SSSR count). The van der Waals surface area contributed by atoms with Crippen molar-refractivity contribution in [3.05, 3.63) is 98.6 Å². The highest BCUT2D eigenvalue weighted by Crippen LogP contribution is 2.33. The van der Waals surface area contributed by atoms with E-state index < -0.39 is 17.8 Å². The molecule has 194 valence electrons. The second-order valence-electron chi connectivity index (χ2n) is 8.45. The van der Waals surface area contributed by atoms with Crippen LogP contribution in [0.15, 0.2) is 77.5 Å². The van der Waals surface area contributed by atoms with Crippen molar-refractivity contribution in [2.24, 2.45) is 0 Å². The van der Waals surface area contributed by atoms with Gasteiger partial charge >= 0.3 is 5.97 Å². The van der Waals surface area contributed by atoms with Crippen LogP contribution >= 0.6 is 34.8 Å². The van der Waals surface area contributed by atoms with Crippen LogP contribution in [0.3, 0.4) is 0 Å². The number of nitrogens with zero attached hydrogens (tertiary/aromatic N) is 1. The fourth-order valence-corrected chi connectivity index (χ4v) is 4.27. The van der Waals surface area contributed by atoms with Crippen molar-refractivity contribution in [3.63, 3.8) is 0 Å². The van der Waals surface area contributed by atoms with Crippen LogP contribution in [-0.4, -0.2) is 29.8 Å². The number of halogens is 3. The number of carbonyl (C=O) groups is 4. The van der Waals surface area contributed by atoms with Gasteiger partial charge in [0.15, 0.2) is 0 Å². The molecule has 3 aromatic rings. The fraction of sp³-hybridized carbons (Fsp3) is 0.111. The number of hydrogen-bond donors (Lipinski definition) is 2. The molecule has 0 saturated heterocycles. The van der Waals surface area contributed by atoms with E-state index in [0.29, 0.717) is 22.5 Å². The van der Waals surface area contributed by atoms with Gasteiger partial charge < -0.3 is 15.4 Å². The van der Waals surface area contributed by atoms with Crippen LogP contribution in [0.25, 0.3) is 0 Å². The molecule has 0 bridgehead atoms. The molecule has 38 heavy (non-hydrogen) atoms. The fourth-order valence-electron chi connectivity index (χ4n) is 3.54. The molecule has 3 amide bonds. The maximum atomic E-state index is 13.0. The zero-order valence-electron chi connectivity index (χ0n) is 20.1. The Morgan fingerprint density at radius 1 is 0.789 bits per heavy atom. The first-order chi connectivity index (χ1) is 18.0. The largest absolute Gasteiger partial charge is 0.459 e. The van der Waals surface area contributed by atoms with Gasteiger partial charge in [0.2, 0.25) is 0 Å². The van der Waals surface area contributed by atoms with E-state index in [1.807, 2.05) is 0 Å². The molecule has 0 aromatic heterocycles. The number of hydrogen-bond acceptors (Lipinski definition) is 6. The molecule has 0 spiro atoms. The predicted octanol–water partition coefficient (Wildman–Crippen LogP) is 6.25. The lowest BCUT2D eigenvalue weighted by Crippen LogP contribution is -2.32. The zero-order chi connectivity index (χ0) is 27.6. The second-order valence-corrected chi connectivity index (χ2v) is 9.70. The average molecular weight is 573 g/mol. The van der Waals surface area contributed by atoms with Crippen molar-refractivity contribution in [2.75, 3.05) is 15.5 Å². The van der Waals surface area contributed by atoms with Crippen molar-refractivity contribution < 1.29 is 23.9 Å². The first-order valence-electron chi connectivity index (χ1n) is 11.3. The van der Waals surface area contributed by atoms with Crippen LogP contribution in [-0.2, 0) is 14.3 Å². The van der Waals surface area contributed by atoms with Gasteiger partial charge in [-0.3, -0.25) is 14.4 Å². The van der Waals surface area contributed by atoms with Gasteiger partial charge in [-0.1, -0.05) is 34.8 Å². The van der Waals surface area contributed by atoms with Crippen LogP contribution in [0.5, 0.6) is 0 Å². The molecule has 0 saturated carbocycles. The third kappa shape index (κ3) is 5.99. The Labute approximate surface area is 233 Å². The van der Waals surface area contributed by atoms with Gasteiger partial charge in [0.05, 0.1) is 17.4 Å². The Morgan fingerprint density at radius 3 is 1.92 bits per heavy atom. The van der Waals surface area contributed by atoms with E-state index >= 15 is 0 Å². The highest BCUT2D eigenvalue weighted by atomic mass is 35.5. The van der Waals surface area contributed by atoms with E-state index in [-0.39, 0.29) is 38.5 Å². The smallest absolute Gasteiger partial charge is 0.338 e. The Hall–Kier alpha value is -3.85. The summed E-state index contributed by atoms with van der Waals surface area (Å²) in [5.74, 6) is -2.24. The van der Waals surface area contributed by atoms with Crippen molar-refractivity contribution in [1.82, 2.24) is 0 Å². The lowest BCUT2D eigenvalue weighted by molar-refractivity contribution is -0.120. The molecule has 8 nitrogen and oxygen atoms in total. The molecular formula is C27H20Cl3N3O5. The molecule has 11 heteroatoms. The Balaban J connectivity index is 1.42. The number of esters is 1. The summed E-state index contributed by atoms with van der Waals surface area (Å²) < 4.78 is 5.15. The maximum Gasteiger partial charge on any atom is 0.338 e. The normalized spacial score (nSPS) is 13.3. The number of benzene rings is 3. The minimum absolute atomic E-state index is 0.124. The lowest BCUT2D eigenvalue weighted by Gasteiger charge is -2.16. The van der Waals surface area contributed by atoms with Gasteiger partial charge in [-0.25, -0.2) is 9.69 Å². The summed E-state index contributed by atoms with van der Waals surface area (Å²) in [4.78, 5) is 51.1. The van der Waals surface area contributed by atoms with E-state index in [4.69, 9.17) is 39.5 Å². The molecule has 2 N–H and O–H groups in total. The SMILES string of the molecule is CC(C)OC(=O)c1ccc(NC(=O)c2ccc(NC3=C(Cl)C(=O)N(c4cc(Cl)cc(Cl)c4)C3=O)cc2)cc1. The topological polar surface area (TPSA) is 105 Å². The van der Waals surface area contributed by atoms with Crippen LogP contribution in [0.4, 0.5) is 17.1 Å². The lowest BCUT2D eigenvalue weighted by atomic mass is 10.1. The Morgan fingerprint density at radius 2 is 1.34 bits per heavy atom. The molecule has 1 aliphatic rings. The predicted molar refractivity (Wildman–Crippen MR) is 147 cm³/mol. The number of nitrogens with one attached hydrogen (secondary N) is 2. The summed E-state index contributed by atoms with van der Waals surface area (Å²) >= 11 is 18.2. The van der Waals surface area contributed by atoms with Gasteiger partial charge in [0.25, 0.3) is 17.7 Å². The highest BCUT2D eigenvalue weighted by Gasteiger charge is 2.39. The molecule has 1 aliphatic heterocycles. The summed E-state index contributed by atoms with van der Waals surface area (Å²) in [5, 5.41) is 5.79. The van der Waals surface area contributed by atoms with E-state index in [9.17, 15) is 19.2 Å². The first-order valence-corrected chi connectivity index (χ1v) is 12.4. The molecule has 0 fully saturated rings. The third-order valence-electron chi connectivity index (χ3n) is 5.27. The summed E-state index contributed by atoms with van der Waals surface area (Å²) in [6.45, 7) is 3.52. The van der Waals surface area contributed by atoms with E-state index in [0.717, 1.165) is 4.90 Å². The van der Waals surface area contributed by atoms with Gasteiger partial charge in [0.1, 0.15) is 10.7 Å². The molecule has 0 aliphatic carbocycles. The van der Waals surface area contributed by atoms with Crippen molar-refractivity contribution in [2.45, 2.75) is 20.0 Å². The van der Waals surface area contributed by atoms with Crippen molar-refractivity contribution in [1.29, 1.82) is 0 Å². The summed E-state index contributed by atoms with van der Waals surface area (Å²) in [6, 6.07) is 16.8. The maximum absolute atomic E-state index is 13.0. The molecule has 0 atom stereocenters. The van der Waals surface area contributed by atoms with Crippen LogP contribution in [0.1, 0.15) is 34.6 Å². The molecule has 0 unspecified atom stereocenters. The average Bonchev–Trinajstić information content (AvgIpc) is 3.06. The molecule has 1 heterocycles. The minimum atomic E-state index is -0.725. The standard InChI is InChI=1S/C27H20Cl3N3O5/c1-14(2)38-27(37)16-5-9-20(10-6-16)32-24(34)15-3-7-19(8-4-15)31-23-22(30)25(35)33(26(23)36)21-12-17(28)11-18(29)13-21/h3-14,31H,1-2H3,(H,32,34). The van der Waals surface area contributed by atoms with E-state index in [1.165, 1.54) is 30.3 Å². The van der Waals surface area contributed by atoms with Gasteiger partial charge in [-0.2, -0.15) is 0 Å². The van der Waals surface area contributed by atoms with E-state index in [2.05, 4.69) is 10.6 Å². The summed E-state index contributed by atoms with van der Waals surface area (Å²) in [7, 11) is 0. The van der Waals surface area contributed by atoms with Gasteiger partial charge in [0, 0.05) is 27.0 Å².